The molecule has 0 heterocycles. The van der Waals surface area contributed by atoms with Crippen LogP contribution in [-0.2, 0) is 11.2 Å². The minimum atomic E-state index is 0.110. The van der Waals surface area contributed by atoms with Crippen molar-refractivity contribution >= 4 is 21.8 Å². The van der Waals surface area contributed by atoms with E-state index in [9.17, 15) is 4.79 Å². The van der Waals surface area contributed by atoms with Crippen molar-refractivity contribution in [2.24, 2.45) is 0 Å². The Labute approximate surface area is 106 Å². The third-order valence-corrected chi connectivity index (χ3v) is 2.91. The van der Waals surface area contributed by atoms with Gasteiger partial charge in [0.2, 0.25) is 5.91 Å². The minimum absolute atomic E-state index is 0.110. The summed E-state index contributed by atoms with van der Waals surface area (Å²) in [5.41, 5.74) is 1.05. The third-order valence-electron chi connectivity index (χ3n) is 2.38. The standard InChI is InChI=1S/C13H18BrNO/c1-2-3-4-9-15-13(16)10-11-5-7-12(14)8-6-11/h5-8H,2-4,9-10H2,1H3,(H,15,16). The minimum Gasteiger partial charge on any atom is -0.356 e. The zero-order valence-corrected chi connectivity index (χ0v) is 11.2. The molecule has 3 heteroatoms. The molecule has 0 unspecified atom stereocenters. The summed E-state index contributed by atoms with van der Waals surface area (Å²) in [6.45, 7) is 2.95. The van der Waals surface area contributed by atoms with Crippen molar-refractivity contribution in [1.29, 1.82) is 0 Å². The Balaban J connectivity index is 2.26. The third kappa shape index (κ3) is 5.31. The number of carbonyl (C=O) groups excluding carboxylic acids is 1. The number of rotatable bonds is 6. The smallest absolute Gasteiger partial charge is 0.224 e. The first-order valence-corrected chi connectivity index (χ1v) is 6.53. The highest BCUT2D eigenvalue weighted by Gasteiger charge is 2.02. The first-order valence-electron chi connectivity index (χ1n) is 5.73. The number of carbonyl (C=O) groups is 1. The number of halogens is 1. The number of amides is 1. The maximum absolute atomic E-state index is 11.5. The fraction of sp³-hybridized carbons (Fsp3) is 0.462. The molecule has 0 fully saturated rings. The van der Waals surface area contributed by atoms with Gasteiger partial charge in [-0.2, -0.15) is 0 Å². The van der Waals surface area contributed by atoms with E-state index in [1.165, 1.54) is 12.8 Å². The molecule has 0 bridgehead atoms. The second kappa shape index (κ2) is 7.44. The van der Waals surface area contributed by atoms with Crippen molar-refractivity contribution in [3.8, 4) is 0 Å². The van der Waals surface area contributed by atoms with Crippen LogP contribution in [0, 0.1) is 0 Å². The van der Waals surface area contributed by atoms with E-state index in [0.29, 0.717) is 6.42 Å². The summed E-state index contributed by atoms with van der Waals surface area (Å²) < 4.78 is 1.04. The lowest BCUT2D eigenvalue weighted by atomic mass is 10.1. The van der Waals surface area contributed by atoms with Crippen LogP contribution < -0.4 is 5.32 Å². The first-order chi connectivity index (χ1) is 7.72. The summed E-state index contributed by atoms with van der Waals surface area (Å²) in [6.07, 6.45) is 3.91. The molecule has 0 aliphatic carbocycles. The molecule has 0 atom stereocenters. The Morgan fingerprint density at radius 3 is 2.56 bits per heavy atom. The highest BCUT2D eigenvalue weighted by Crippen LogP contribution is 2.10. The van der Waals surface area contributed by atoms with Crippen LogP contribution in [0.2, 0.25) is 0 Å². The Bertz CT molecular complexity index is 321. The number of hydrogen-bond acceptors (Lipinski definition) is 1. The Morgan fingerprint density at radius 2 is 1.94 bits per heavy atom. The molecule has 0 saturated carbocycles. The van der Waals surface area contributed by atoms with Crippen molar-refractivity contribution in [2.75, 3.05) is 6.54 Å². The zero-order chi connectivity index (χ0) is 11.8. The van der Waals surface area contributed by atoms with Gasteiger partial charge < -0.3 is 5.32 Å². The highest BCUT2D eigenvalue weighted by atomic mass is 79.9. The summed E-state index contributed by atoms with van der Waals surface area (Å²) >= 11 is 3.37. The number of benzene rings is 1. The van der Waals surface area contributed by atoms with E-state index in [4.69, 9.17) is 0 Å². The van der Waals surface area contributed by atoms with Crippen molar-refractivity contribution in [1.82, 2.24) is 5.32 Å². The molecule has 0 radical (unpaired) electrons. The Hall–Kier alpha value is -0.830. The fourth-order valence-electron chi connectivity index (χ4n) is 1.45. The molecule has 0 saturated heterocycles. The van der Waals surface area contributed by atoms with Gasteiger partial charge in [-0.3, -0.25) is 4.79 Å². The van der Waals surface area contributed by atoms with E-state index in [2.05, 4.69) is 28.2 Å². The van der Waals surface area contributed by atoms with Gasteiger partial charge >= 0.3 is 0 Å². The van der Waals surface area contributed by atoms with Crippen LogP contribution in [0.25, 0.3) is 0 Å². The summed E-state index contributed by atoms with van der Waals surface area (Å²) in [5.74, 6) is 0.110. The maximum Gasteiger partial charge on any atom is 0.224 e. The SMILES string of the molecule is CCCCCNC(=O)Cc1ccc(Br)cc1. The Kier molecular flexibility index (Phi) is 6.16. The molecular formula is C13H18BrNO. The van der Waals surface area contributed by atoms with E-state index in [0.717, 1.165) is 23.0 Å². The fourth-order valence-corrected chi connectivity index (χ4v) is 1.72. The predicted molar refractivity (Wildman–Crippen MR) is 70.4 cm³/mol. The second-order valence-electron chi connectivity index (χ2n) is 3.86. The highest BCUT2D eigenvalue weighted by molar-refractivity contribution is 9.10. The molecule has 16 heavy (non-hydrogen) atoms. The molecule has 0 spiro atoms. The van der Waals surface area contributed by atoms with Crippen LogP contribution in [0.4, 0.5) is 0 Å². The van der Waals surface area contributed by atoms with E-state index in [-0.39, 0.29) is 5.91 Å². The topological polar surface area (TPSA) is 29.1 Å². The van der Waals surface area contributed by atoms with Gasteiger partial charge in [0.25, 0.3) is 0 Å². The lowest BCUT2D eigenvalue weighted by Crippen LogP contribution is -2.25. The molecule has 1 rings (SSSR count). The van der Waals surface area contributed by atoms with Crippen LogP contribution >= 0.6 is 15.9 Å². The normalized spacial score (nSPS) is 10.1. The molecule has 1 aromatic carbocycles. The largest absolute Gasteiger partial charge is 0.356 e. The van der Waals surface area contributed by atoms with Crippen LogP contribution in [-0.4, -0.2) is 12.5 Å². The van der Waals surface area contributed by atoms with Crippen molar-refractivity contribution in [2.45, 2.75) is 32.6 Å². The molecule has 0 aliphatic heterocycles. The summed E-state index contributed by atoms with van der Waals surface area (Å²) in [4.78, 5) is 11.5. The van der Waals surface area contributed by atoms with Gasteiger partial charge in [0.05, 0.1) is 6.42 Å². The molecule has 1 amide bonds. The van der Waals surface area contributed by atoms with E-state index in [1.54, 1.807) is 0 Å². The molecule has 1 aromatic rings. The summed E-state index contributed by atoms with van der Waals surface area (Å²) in [7, 11) is 0. The summed E-state index contributed by atoms with van der Waals surface area (Å²) in [5, 5.41) is 2.93. The van der Waals surface area contributed by atoms with Gasteiger partial charge in [0, 0.05) is 11.0 Å². The van der Waals surface area contributed by atoms with Crippen LogP contribution in [0.1, 0.15) is 31.7 Å². The quantitative estimate of drug-likeness (QED) is 0.798. The molecule has 0 aliphatic rings. The summed E-state index contributed by atoms with van der Waals surface area (Å²) in [6, 6.07) is 7.85. The second-order valence-corrected chi connectivity index (χ2v) is 4.78. The van der Waals surface area contributed by atoms with Gasteiger partial charge in [0.1, 0.15) is 0 Å². The van der Waals surface area contributed by atoms with Crippen molar-refractivity contribution in [3.05, 3.63) is 34.3 Å². The van der Waals surface area contributed by atoms with Gasteiger partial charge in [-0.05, 0) is 24.1 Å². The number of hydrogen-bond donors (Lipinski definition) is 1. The van der Waals surface area contributed by atoms with Gasteiger partial charge in [0.15, 0.2) is 0 Å². The molecule has 1 N–H and O–H groups in total. The Morgan fingerprint density at radius 1 is 1.25 bits per heavy atom. The maximum atomic E-state index is 11.5. The van der Waals surface area contributed by atoms with Crippen LogP contribution in [0.5, 0.6) is 0 Å². The average molecular weight is 284 g/mol. The lowest BCUT2D eigenvalue weighted by Gasteiger charge is -2.04. The van der Waals surface area contributed by atoms with E-state index >= 15 is 0 Å². The molecule has 88 valence electrons. The van der Waals surface area contributed by atoms with Crippen LogP contribution in [0.3, 0.4) is 0 Å². The number of nitrogens with one attached hydrogen (secondary N) is 1. The van der Waals surface area contributed by atoms with Gasteiger partial charge in [-0.15, -0.1) is 0 Å². The number of unbranched alkanes of at least 4 members (excludes halogenated alkanes) is 2. The molecule has 2 nitrogen and oxygen atoms in total. The predicted octanol–water partition coefficient (Wildman–Crippen LogP) is 3.30. The molecule has 0 aromatic heterocycles. The van der Waals surface area contributed by atoms with Crippen LogP contribution in [0.15, 0.2) is 28.7 Å². The first kappa shape index (κ1) is 13.2. The van der Waals surface area contributed by atoms with Gasteiger partial charge in [-0.1, -0.05) is 47.8 Å². The van der Waals surface area contributed by atoms with E-state index in [1.807, 2.05) is 24.3 Å². The monoisotopic (exact) mass is 283 g/mol. The average Bonchev–Trinajstić information content (AvgIpc) is 2.28. The zero-order valence-electron chi connectivity index (χ0n) is 9.63. The van der Waals surface area contributed by atoms with Crippen molar-refractivity contribution < 1.29 is 4.79 Å². The van der Waals surface area contributed by atoms with Crippen molar-refractivity contribution in [3.63, 3.8) is 0 Å². The lowest BCUT2D eigenvalue weighted by molar-refractivity contribution is -0.120. The van der Waals surface area contributed by atoms with Gasteiger partial charge in [-0.25, -0.2) is 0 Å². The van der Waals surface area contributed by atoms with E-state index < -0.39 is 0 Å². The molecular weight excluding hydrogens is 266 g/mol.